The Labute approximate surface area is 190 Å². The number of rotatable bonds is 11. The third-order valence-corrected chi connectivity index (χ3v) is 7.57. The molecule has 32 heavy (non-hydrogen) atoms. The first-order valence-electron chi connectivity index (χ1n) is 9.14. The number of sulfonamides is 1. The summed E-state index contributed by atoms with van der Waals surface area (Å²) < 4.78 is 52.0. The zero-order chi connectivity index (χ0) is 23.9. The molecule has 2 rings (SSSR count). The summed E-state index contributed by atoms with van der Waals surface area (Å²) in [4.78, 5) is 22.6. The smallest absolute Gasteiger partial charge is 0.328 e. The zero-order valence-electron chi connectivity index (χ0n) is 16.6. The molecule has 13 heteroatoms. The van der Waals surface area contributed by atoms with Crippen molar-refractivity contribution < 1.29 is 36.6 Å². The summed E-state index contributed by atoms with van der Waals surface area (Å²) in [6.45, 7) is -0.895. The highest BCUT2D eigenvalue weighted by Gasteiger charge is 2.24. The van der Waals surface area contributed by atoms with Crippen LogP contribution < -0.4 is 10.0 Å². The Morgan fingerprint density at radius 1 is 1.00 bits per heavy atom. The van der Waals surface area contributed by atoms with Crippen LogP contribution in [0.1, 0.15) is 5.56 Å². The van der Waals surface area contributed by atoms with Crippen molar-refractivity contribution in [2.45, 2.75) is 22.3 Å². The zero-order valence-corrected chi connectivity index (χ0v) is 19.0. The standard InChI is InChI=1S/C19H21ClN2O8S2/c20-14-4-6-15(7-5-14)32(29,30)21-9-8-13-2-1-3-16(10-13)31(27,28)12-18(24)22-17(11-23)19(25)26/h1-7,10,17,21,23H,8-9,11-12H2,(H,22,24)(H,25,26)/t17-/m0/s1. The third kappa shape index (κ3) is 7.28. The largest absolute Gasteiger partial charge is 0.480 e. The fourth-order valence-corrected chi connectivity index (χ4v) is 4.97. The van der Waals surface area contributed by atoms with Crippen LogP contribution in [0.3, 0.4) is 0 Å². The average Bonchev–Trinajstić information content (AvgIpc) is 2.72. The monoisotopic (exact) mass is 504 g/mol. The van der Waals surface area contributed by atoms with Gasteiger partial charge in [0.05, 0.1) is 16.4 Å². The Bertz CT molecular complexity index is 1180. The van der Waals surface area contributed by atoms with Crippen molar-refractivity contribution in [3.05, 3.63) is 59.1 Å². The van der Waals surface area contributed by atoms with Crippen molar-refractivity contribution in [2.24, 2.45) is 0 Å². The van der Waals surface area contributed by atoms with Crippen LogP contribution in [0.15, 0.2) is 58.3 Å². The molecule has 0 aliphatic carbocycles. The number of carbonyl (C=O) groups is 2. The molecule has 1 atom stereocenters. The van der Waals surface area contributed by atoms with Gasteiger partial charge in [0.1, 0.15) is 11.8 Å². The van der Waals surface area contributed by atoms with Crippen molar-refractivity contribution in [1.29, 1.82) is 0 Å². The lowest BCUT2D eigenvalue weighted by Crippen LogP contribution is -2.45. The molecule has 2 aromatic carbocycles. The van der Waals surface area contributed by atoms with Crippen LogP contribution in [-0.2, 0) is 35.9 Å². The van der Waals surface area contributed by atoms with Crippen LogP contribution in [0.25, 0.3) is 0 Å². The summed E-state index contributed by atoms with van der Waals surface area (Å²) in [6.07, 6.45) is 0.175. The molecule has 0 spiro atoms. The highest BCUT2D eigenvalue weighted by molar-refractivity contribution is 7.92. The summed E-state index contributed by atoms with van der Waals surface area (Å²) in [5.41, 5.74) is 0.504. The summed E-state index contributed by atoms with van der Waals surface area (Å²) in [6, 6.07) is 9.61. The predicted molar refractivity (Wildman–Crippen MR) is 115 cm³/mol. The third-order valence-electron chi connectivity index (χ3n) is 4.22. The number of amides is 1. The predicted octanol–water partition coefficient (Wildman–Crippen LogP) is 0.196. The van der Waals surface area contributed by atoms with E-state index in [2.05, 4.69) is 4.72 Å². The van der Waals surface area contributed by atoms with E-state index in [-0.39, 0.29) is 22.8 Å². The maximum atomic E-state index is 12.5. The number of aliphatic hydroxyl groups is 1. The van der Waals surface area contributed by atoms with Gasteiger partial charge in [0.15, 0.2) is 9.84 Å². The quantitative estimate of drug-likeness (QED) is 0.336. The number of hydrogen-bond donors (Lipinski definition) is 4. The minimum Gasteiger partial charge on any atom is -0.480 e. The summed E-state index contributed by atoms with van der Waals surface area (Å²) in [5.74, 6) is -3.59. The van der Waals surface area contributed by atoms with Crippen molar-refractivity contribution in [3.63, 3.8) is 0 Å². The molecule has 10 nitrogen and oxygen atoms in total. The minimum absolute atomic E-state index is 0.00820. The molecule has 0 unspecified atom stereocenters. The molecule has 0 aromatic heterocycles. The highest BCUT2D eigenvalue weighted by atomic mass is 35.5. The second-order valence-electron chi connectivity index (χ2n) is 6.65. The van der Waals surface area contributed by atoms with Gasteiger partial charge >= 0.3 is 5.97 Å². The Hall–Kier alpha value is -2.51. The Morgan fingerprint density at radius 2 is 1.66 bits per heavy atom. The Kier molecular flexibility index (Phi) is 8.75. The van der Waals surface area contributed by atoms with Gasteiger partial charge in [0.25, 0.3) is 0 Å². The average molecular weight is 505 g/mol. The number of hydrogen-bond acceptors (Lipinski definition) is 7. The van der Waals surface area contributed by atoms with E-state index >= 15 is 0 Å². The van der Waals surface area contributed by atoms with E-state index in [1.807, 2.05) is 5.32 Å². The van der Waals surface area contributed by atoms with Gasteiger partial charge in [0.2, 0.25) is 15.9 Å². The number of carboxylic acid groups (broad SMARTS) is 1. The number of nitrogens with one attached hydrogen (secondary N) is 2. The maximum absolute atomic E-state index is 12.5. The van der Waals surface area contributed by atoms with E-state index in [0.717, 1.165) is 0 Å². The fraction of sp³-hybridized carbons (Fsp3) is 0.263. The molecule has 0 bridgehead atoms. The normalized spacial score (nSPS) is 12.8. The van der Waals surface area contributed by atoms with Crippen molar-refractivity contribution >= 4 is 43.3 Å². The van der Waals surface area contributed by atoms with E-state index in [1.54, 1.807) is 6.07 Å². The van der Waals surface area contributed by atoms with E-state index in [1.165, 1.54) is 42.5 Å². The molecule has 0 aliphatic rings. The lowest BCUT2D eigenvalue weighted by molar-refractivity contribution is -0.142. The second kappa shape index (κ2) is 10.9. The summed E-state index contributed by atoms with van der Waals surface area (Å²) >= 11 is 5.75. The first-order valence-corrected chi connectivity index (χ1v) is 12.7. The fourth-order valence-electron chi connectivity index (χ4n) is 2.60. The molecule has 0 aliphatic heterocycles. The van der Waals surface area contributed by atoms with Crippen LogP contribution >= 0.6 is 11.6 Å². The number of aliphatic hydroxyl groups excluding tert-OH is 1. The van der Waals surface area contributed by atoms with Gasteiger partial charge in [-0.2, -0.15) is 0 Å². The number of aliphatic carboxylic acids is 1. The van der Waals surface area contributed by atoms with E-state index in [0.29, 0.717) is 10.6 Å². The molecule has 0 saturated carbocycles. The Morgan fingerprint density at radius 3 is 2.25 bits per heavy atom. The van der Waals surface area contributed by atoms with Gasteiger partial charge < -0.3 is 15.5 Å². The van der Waals surface area contributed by atoms with Crippen molar-refractivity contribution in [1.82, 2.24) is 10.0 Å². The van der Waals surface area contributed by atoms with E-state index < -0.39 is 50.1 Å². The molecule has 4 N–H and O–H groups in total. The van der Waals surface area contributed by atoms with Gasteiger partial charge in [0, 0.05) is 11.6 Å². The lowest BCUT2D eigenvalue weighted by atomic mass is 10.2. The maximum Gasteiger partial charge on any atom is 0.328 e. The Balaban J connectivity index is 2.02. The first-order chi connectivity index (χ1) is 14.9. The van der Waals surface area contributed by atoms with Crippen LogP contribution in [0.4, 0.5) is 0 Å². The number of carbonyl (C=O) groups excluding carboxylic acids is 1. The van der Waals surface area contributed by atoms with Gasteiger partial charge in [-0.3, -0.25) is 4.79 Å². The molecular formula is C19H21ClN2O8S2. The molecule has 0 radical (unpaired) electrons. The highest BCUT2D eigenvalue weighted by Crippen LogP contribution is 2.16. The SMILES string of the molecule is O=C(CS(=O)(=O)c1cccc(CCNS(=O)(=O)c2ccc(Cl)cc2)c1)N[C@@H](CO)C(=O)O. The minimum atomic E-state index is -4.10. The molecule has 0 fully saturated rings. The van der Waals surface area contributed by atoms with Gasteiger partial charge in [-0.25, -0.2) is 26.4 Å². The number of sulfone groups is 1. The lowest BCUT2D eigenvalue weighted by Gasteiger charge is -2.12. The van der Waals surface area contributed by atoms with E-state index in [4.69, 9.17) is 21.8 Å². The number of benzene rings is 2. The number of carboxylic acids is 1. The second-order valence-corrected chi connectivity index (χ2v) is 10.8. The van der Waals surface area contributed by atoms with E-state index in [9.17, 15) is 26.4 Å². The van der Waals surface area contributed by atoms with Crippen LogP contribution in [0.5, 0.6) is 0 Å². The topological polar surface area (TPSA) is 167 Å². The number of halogens is 1. The molecular weight excluding hydrogens is 484 g/mol. The van der Waals surface area contributed by atoms with Crippen LogP contribution in [0.2, 0.25) is 5.02 Å². The van der Waals surface area contributed by atoms with Crippen molar-refractivity contribution in [3.8, 4) is 0 Å². The van der Waals surface area contributed by atoms with Crippen molar-refractivity contribution in [2.75, 3.05) is 18.9 Å². The van der Waals surface area contributed by atoms with Gasteiger partial charge in [-0.1, -0.05) is 23.7 Å². The molecule has 1 amide bonds. The summed E-state index contributed by atoms with van der Waals surface area (Å²) in [7, 11) is -7.87. The van der Waals surface area contributed by atoms with Crippen LogP contribution in [-0.4, -0.2) is 63.9 Å². The molecule has 2 aromatic rings. The van der Waals surface area contributed by atoms with Gasteiger partial charge in [-0.15, -0.1) is 0 Å². The summed E-state index contributed by atoms with van der Waals surface area (Å²) in [5, 5.41) is 20.1. The van der Waals surface area contributed by atoms with Crippen LogP contribution in [0, 0.1) is 0 Å². The molecule has 0 saturated heterocycles. The molecule has 0 heterocycles. The molecule has 174 valence electrons. The first kappa shape index (κ1) is 25.7. The van der Waals surface area contributed by atoms with Gasteiger partial charge in [-0.05, 0) is 48.4 Å².